The minimum absolute atomic E-state index is 0.224. The fourth-order valence-electron chi connectivity index (χ4n) is 3.11. The number of nitrogens with zero attached hydrogens (tertiary/aromatic N) is 4. The fourth-order valence-corrected chi connectivity index (χ4v) is 3.11. The first-order valence-electron chi connectivity index (χ1n) is 9.50. The number of halogens is 1. The molecule has 5 rings (SSSR count). The van der Waals surface area contributed by atoms with Crippen LogP contribution in [0.4, 0.5) is 10.2 Å². The first kappa shape index (κ1) is 18.1. The molecule has 1 fully saturated rings. The van der Waals surface area contributed by atoms with Crippen LogP contribution in [0.15, 0.2) is 46.3 Å². The standard InChI is InChI=1S/C20H18FN7O2/c21-14-4-2-1-3-11(14)9-22-16-8-17(24-13-5-6-13)28-18(26-16)12(10-23-28)7-15-19(29)27-20(30)25-15/h1-4,7-8,10,13,22,29H,5-6,9H2,(H2,25,27,30)/b12-7-,24-17?. The van der Waals surface area contributed by atoms with Crippen LogP contribution in [0.3, 0.4) is 0 Å². The van der Waals surface area contributed by atoms with Crippen LogP contribution in [-0.4, -0.2) is 35.7 Å². The zero-order valence-corrected chi connectivity index (χ0v) is 15.8. The third kappa shape index (κ3) is 3.54. The maximum Gasteiger partial charge on any atom is 0.326 e. The van der Waals surface area contributed by atoms with Crippen LogP contribution in [-0.2, 0) is 6.54 Å². The Kier molecular flexibility index (Phi) is 4.31. The molecule has 4 N–H and O–H groups in total. The minimum Gasteiger partial charge on any atom is -0.493 e. The molecule has 4 aromatic rings. The molecule has 0 unspecified atom stereocenters. The SMILES string of the molecule is O=c1[nH]c(O)c(/C=c2/cnn3c(=NC4CC4)cc(NCc4ccccc4F)nc23)[nH]1. The Morgan fingerprint density at radius 1 is 1.33 bits per heavy atom. The fraction of sp³-hybridized carbons (Fsp3) is 0.200. The van der Waals surface area contributed by atoms with Gasteiger partial charge < -0.3 is 15.4 Å². The van der Waals surface area contributed by atoms with Gasteiger partial charge in [0.15, 0.2) is 11.1 Å². The van der Waals surface area contributed by atoms with E-state index in [0.29, 0.717) is 27.7 Å². The number of rotatable bonds is 5. The van der Waals surface area contributed by atoms with Crippen LogP contribution in [0.2, 0.25) is 0 Å². The molecule has 3 aromatic heterocycles. The van der Waals surface area contributed by atoms with Crippen molar-refractivity contribution in [2.75, 3.05) is 5.32 Å². The molecule has 1 aliphatic carbocycles. The number of anilines is 1. The van der Waals surface area contributed by atoms with Crippen LogP contribution in [0.1, 0.15) is 24.1 Å². The Labute approximate surface area is 168 Å². The second-order valence-electron chi connectivity index (χ2n) is 7.13. The van der Waals surface area contributed by atoms with Gasteiger partial charge in [0.25, 0.3) is 0 Å². The van der Waals surface area contributed by atoms with E-state index in [2.05, 4.69) is 25.4 Å². The van der Waals surface area contributed by atoms with E-state index < -0.39 is 5.69 Å². The number of imidazole rings is 1. The molecule has 0 radical (unpaired) electrons. The van der Waals surface area contributed by atoms with Gasteiger partial charge >= 0.3 is 5.69 Å². The summed E-state index contributed by atoms with van der Waals surface area (Å²) < 4.78 is 15.6. The molecule has 0 atom stereocenters. The van der Waals surface area contributed by atoms with Gasteiger partial charge in [0.05, 0.1) is 12.2 Å². The zero-order chi connectivity index (χ0) is 20.7. The Balaban J connectivity index is 1.60. The number of aromatic amines is 2. The predicted molar refractivity (Wildman–Crippen MR) is 107 cm³/mol. The summed E-state index contributed by atoms with van der Waals surface area (Å²) in [4.78, 5) is 25.5. The lowest BCUT2D eigenvalue weighted by Crippen LogP contribution is -2.20. The van der Waals surface area contributed by atoms with Crippen molar-refractivity contribution in [2.45, 2.75) is 25.4 Å². The molecule has 1 aromatic carbocycles. The summed E-state index contributed by atoms with van der Waals surface area (Å²) in [5.74, 6) is -0.0395. The van der Waals surface area contributed by atoms with Crippen molar-refractivity contribution in [3.05, 3.63) is 74.8 Å². The van der Waals surface area contributed by atoms with Crippen molar-refractivity contribution < 1.29 is 9.50 Å². The number of fused-ring (bicyclic) bond motifs is 1. The zero-order valence-electron chi connectivity index (χ0n) is 15.8. The van der Waals surface area contributed by atoms with E-state index in [1.54, 1.807) is 41.1 Å². The second-order valence-corrected chi connectivity index (χ2v) is 7.13. The summed E-state index contributed by atoms with van der Waals surface area (Å²) in [5, 5.41) is 17.9. The molecule has 0 spiro atoms. The van der Waals surface area contributed by atoms with Gasteiger partial charge in [-0.1, -0.05) is 18.2 Å². The number of hydrogen-bond donors (Lipinski definition) is 4. The van der Waals surface area contributed by atoms with E-state index in [1.165, 1.54) is 6.07 Å². The number of nitrogens with one attached hydrogen (secondary N) is 3. The first-order valence-corrected chi connectivity index (χ1v) is 9.50. The van der Waals surface area contributed by atoms with Crippen LogP contribution in [0.5, 0.6) is 5.88 Å². The number of aromatic hydroxyl groups is 1. The maximum atomic E-state index is 13.9. The van der Waals surface area contributed by atoms with E-state index in [-0.39, 0.29) is 30.0 Å². The quantitative estimate of drug-likeness (QED) is 0.390. The number of hydrogen-bond acceptors (Lipinski definition) is 6. The molecule has 0 aliphatic heterocycles. The van der Waals surface area contributed by atoms with Gasteiger partial charge in [0.2, 0.25) is 5.88 Å². The Hall–Kier alpha value is -3.95. The smallest absolute Gasteiger partial charge is 0.326 e. The molecule has 3 heterocycles. The van der Waals surface area contributed by atoms with Crippen LogP contribution in [0, 0.1) is 5.82 Å². The molecule has 30 heavy (non-hydrogen) atoms. The van der Waals surface area contributed by atoms with E-state index >= 15 is 0 Å². The topological polar surface area (TPSA) is 123 Å². The van der Waals surface area contributed by atoms with Crippen molar-refractivity contribution in [1.29, 1.82) is 0 Å². The van der Waals surface area contributed by atoms with E-state index in [0.717, 1.165) is 12.8 Å². The summed E-state index contributed by atoms with van der Waals surface area (Å²) in [7, 11) is 0. The van der Waals surface area contributed by atoms with Gasteiger partial charge in [0, 0.05) is 23.4 Å². The molecule has 0 saturated heterocycles. The molecule has 152 valence electrons. The number of aromatic nitrogens is 5. The van der Waals surface area contributed by atoms with Crippen LogP contribution >= 0.6 is 0 Å². The van der Waals surface area contributed by atoms with E-state index in [4.69, 9.17) is 4.99 Å². The molecule has 9 nitrogen and oxygen atoms in total. The third-order valence-corrected chi connectivity index (χ3v) is 4.79. The summed E-state index contributed by atoms with van der Waals surface area (Å²) in [6.45, 7) is 0.262. The molecule has 1 saturated carbocycles. The van der Waals surface area contributed by atoms with Crippen molar-refractivity contribution in [2.24, 2.45) is 4.99 Å². The lowest BCUT2D eigenvalue weighted by atomic mass is 10.2. The highest BCUT2D eigenvalue weighted by molar-refractivity contribution is 5.57. The van der Waals surface area contributed by atoms with Gasteiger partial charge in [-0.25, -0.2) is 14.2 Å². The van der Waals surface area contributed by atoms with Crippen LogP contribution < -0.4 is 21.7 Å². The summed E-state index contributed by atoms with van der Waals surface area (Å²) in [6, 6.07) is 8.58. The largest absolute Gasteiger partial charge is 0.493 e. The average molecular weight is 407 g/mol. The molecule has 0 bridgehead atoms. The highest BCUT2D eigenvalue weighted by Crippen LogP contribution is 2.22. The van der Waals surface area contributed by atoms with E-state index in [9.17, 15) is 14.3 Å². The average Bonchev–Trinajstić information content (AvgIpc) is 3.36. The minimum atomic E-state index is -0.514. The molecular weight excluding hydrogens is 389 g/mol. The van der Waals surface area contributed by atoms with Gasteiger partial charge in [-0.3, -0.25) is 9.98 Å². The highest BCUT2D eigenvalue weighted by atomic mass is 19.1. The Morgan fingerprint density at radius 3 is 2.90 bits per heavy atom. The van der Waals surface area contributed by atoms with Gasteiger partial charge in [-0.15, -0.1) is 0 Å². The first-order chi connectivity index (χ1) is 14.6. The summed E-state index contributed by atoms with van der Waals surface area (Å²) in [6.07, 6.45) is 5.21. The molecular formula is C20H18FN7O2. The third-order valence-electron chi connectivity index (χ3n) is 4.79. The number of benzene rings is 1. The highest BCUT2D eigenvalue weighted by Gasteiger charge is 2.20. The van der Waals surface area contributed by atoms with Crippen molar-refractivity contribution in [1.82, 2.24) is 24.6 Å². The van der Waals surface area contributed by atoms with E-state index in [1.807, 2.05) is 0 Å². The van der Waals surface area contributed by atoms with Crippen molar-refractivity contribution in [3.8, 4) is 5.88 Å². The lowest BCUT2D eigenvalue weighted by Gasteiger charge is -2.07. The molecule has 1 aliphatic rings. The maximum absolute atomic E-state index is 13.9. The summed E-state index contributed by atoms with van der Waals surface area (Å²) >= 11 is 0. The summed E-state index contributed by atoms with van der Waals surface area (Å²) in [5.41, 5.74) is 1.36. The Bertz CT molecular complexity index is 1420. The normalized spacial score (nSPS) is 15.2. The Morgan fingerprint density at radius 2 is 2.17 bits per heavy atom. The second kappa shape index (κ2) is 7.14. The lowest BCUT2D eigenvalue weighted by molar-refractivity contribution is 0.454. The van der Waals surface area contributed by atoms with Gasteiger partial charge in [-0.2, -0.15) is 9.61 Å². The van der Waals surface area contributed by atoms with Gasteiger partial charge in [0.1, 0.15) is 17.3 Å². The van der Waals surface area contributed by atoms with Crippen LogP contribution in [0.25, 0.3) is 11.7 Å². The molecule has 0 amide bonds. The number of H-pyrrole nitrogens is 2. The molecule has 10 heteroatoms. The monoisotopic (exact) mass is 407 g/mol. The van der Waals surface area contributed by atoms with Gasteiger partial charge in [-0.05, 0) is 25.0 Å². The predicted octanol–water partition coefficient (Wildman–Crippen LogP) is 0.813. The van der Waals surface area contributed by atoms with Crippen molar-refractivity contribution >= 4 is 17.5 Å². The van der Waals surface area contributed by atoms with Crippen molar-refractivity contribution in [3.63, 3.8) is 0 Å².